The number of carboxylic acids is 1. The van der Waals surface area contributed by atoms with Crippen LogP contribution in [0, 0.1) is 0 Å². The van der Waals surface area contributed by atoms with Crippen LogP contribution in [0.25, 0.3) is 11.1 Å². The molecule has 0 amide bonds. The number of carbonyl (C=O) groups excluding carboxylic acids is 1. The van der Waals surface area contributed by atoms with E-state index in [1.54, 1.807) is 30.6 Å². The summed E-state index contributed by atoms with van der Waals surface area (Å²) in [5.41, 5.74) is 1.53. The standard InChI is InChI=1S/C10H8N2O2.Na/c13-10(14)9-4-2-1-3-8(9)7-5-11-12-6-7;/h1-6H,(H,11,12)(H,13,14);/q;+1/p-1. The van der Waals surface area contributed by atoms with E-state index < -0.39 is 5.97 Å². The first kappa shape index (κ1) is 12.0. The minimum absolute atomic E-state index is 0. The number of aromatic nitrogens is 2. The first-order valence-corrected chi connectivity index (χ1v) is 4.08. The van der Waals surface area contributed by atoms with E-state index in [0.29, 0.717) is 5.56 Å². The Balaban J connectivity index is 0.00000112. The molecule has 1 aromatic carbocycles. The average molecular weight is 210 g/mol. The van der Waals surface area contributed by atoms with E-state index in [-0.39, 0.29) is 35.1 Å². The van der Waals surface area contributed by atoms with Crippen molar-refractivity contribution in [3.63, 3.8) is 0 Å². The molecule has 0 atom stereocenters. The Morgan fingerprint density at radius 1 is 1.33 bits per heavy atom. The van der Waals surface area contributed by atoms with Crippen molar-refractivity contribution in [1.82, 2.24) is 10.2 Å². The van der Waals surface area contributed by atoms with Crippen molar-refractivity contribution in [2.45, 2.75) is 0 Å². The number of rotatable bonds is 2. The van der Waals surface area contributed by atoms with Crippen LogP contribution in [0.5, 0.6) is 0 Å². The quantitative estimate of drug-likeness (QED) is 0.554. The molecule has 0 aliphatic carbocycles. The summed E-state index contributed by atoms with van der Waals surface area (Å²) < 4.78 is 0. The van der Waals surface area contributed by atoms with Crippen LogP contribution >= 0.6 is 0 Å². The predicted molar refractivity (Wildman–Crippen MR) is 48.4 cm³/mol. The number of hydrogen-bond acceptors (Lipinski definition) is 3. The molecule has 0 aliphatic rings. The summed E-state index contributed by atoms with van der Waals surface area (Å²) in [4.78, 5) is 10.8. The van der Waals surface area contributed by atoms with Gasteiger partial charge in [0.2, 0.25) is 0 Å². The second-order valence-corrected chi connectivity index (χ2v) is 2.82. The second kappa shape index (κ2) is 5.11. The smallest absolute Gasteiger partial charge is 0.545 e. The molecule has 0 aliphatic heterocycles. The number of carbonyl (C=O) groups is 1. The maximum atomic E-state index is 10.8. The third kappa shape index (κ3) is 2.47. The van der Waals surface area contributed by atoms with Gasteiger partial charge in [0.25, 0.3) is 0 Å². The summed E-state index contributed by atoms with van der Waals surface area (Å²) in [6.07, 6.45) is 3.21. The molecule has 0 radical (unpaired) electrons. The van der Waals surface area contributed by atoms with Crippen molar-refractivity contribution in [1.29, 1.82) is 0 Å². The summed E-state index contributed by atoms with van der Waals surface area (Å²) in [7, 11) is 0. The van der Waals surface area contributed by atoms with Gasteiger partial charge in [-0.15, -0.1) is 0 Å². The van der Waals surface area contributed by atoms with Crippen LogP contribution in [-0.2, 0) is 0 Å². The van der Waals surface area contributed by atoms with E-state index in [0.717, 1.165) is 5.56 Å². The Morgan fingerprint density at radius 2 is 2.07 bits per heavy atom. The van der Waals surface area contributed by atoms with Gasteiger partial charge in [-0.2, -0.15) is 5.10 Å². The Labute approximate surface area is 109 Å². The van der Waals surface area contributed by atoms with Gasteiger partial charge < -0.3 is 9.90 Å². The first-order chi connectivity index (χ1) is 6.79. The van der Waals surface area contributed by atoms with Crippen molar-refractivity contribution < 1.29 is 39.5 Å². The number of aromatic carboxylic acids is 1. The maximum Gasteiger partial charge on any atom is 1.00 e. The molecule has 1 heterocycles. The Bertz CT molecular complexity index is 454. The topological polar surface area (TPSA) is 68.8 Å². The number of benzene rings is 1. The monoisotopic (exact) mass is 210 g/mol. The number of aromatic amines is 1. The molecule has 1 aromatic heterocycles. The fourth-order valence-electron chi connectivity index (χ4n) is 1.31. The van der Waals surface area contributed by atoms with Crippen molar-refractivity contribution in [2.24, 2.45) is 0 Å². The van der Waals surface area contributed by atoms with Crippen LogP contribution in [-0.4, -0.2) is 16.2 Å². The Kier molecular flexibility index (Phi) is 4.08. The van der Waals surface area contributed by atoms with E-state index in [1.807, 2.05) is 0 Å². The summed E-state index contributed by atoms with van der Waals surface area (Å²) >= 11 is 0. The molecule has 15 heavy (non-hydrogen) atoms. The summed E-state index contributed by atoms with van der Waals surface area (Å²) in [6.45, 7) is 0. The third-order valence-electron chi connectivity index (χ3n) is 1.96. The average Bonchev–Trinajstić information content (AvgIpc) is 2.70. The zero-order valence-corrected chi connectivity index (χ0v) is 10.2. The third-order valence-corrected chi connectivity index (χ3v) is 1.96. The van der Waals surface area contributed by atoms with Crippen LogP contribution in [0.15, 0.2) is 36.7 Å². The van der Waals surface area contributed by atoms with Crippen molar-refractivity contribution in [2.75, 3.05) is 0 Å². The molecule has 2 aromatic rings. The largest absolute Gasteiger partial charge is 1.00 e. The van der Waals surface area contributed by atoms with Gasteiger partial charge in [-0.25, -0.2) is 0 Å². The molecule has 0 saturated carbocycles. The number of nitrogens with one attached hydrogen (secondary N) is 1. The van der Waals surface area contributed by atoms with E-state index in [2.05, 4.69) is 10.2 Å². The maximum absolute atomic E-state index is 10.8. The number of H-pyrrole nitrogens is 1. The van der Waals surface area contributed by atoms with Gasteiger partial charge in [0.1, 0.15) is 0 Å². The van der Waals surface area contributed by atoms with E-state index in [4.69, 9.17) is 0 Å². The van der Waals surface area contributed by atoms with E-state index >= 15 is 0 Å². The SMILES string of the molecule is O=C([O-])c1ccccc1-c1cn[nH]c1.[Na+]. The molecule has 70 valence electrons. The molecule has 0 spiro atoms. The van der Waals surface area contributed by atoms with Crippen LogP contribution in [0.1, 0.15) is 10.4 Å². The second-order valence-electron chi connectivity index (χ2n) is 2.82. The molecule has 2 rings (SSSR count). The Hall–Kier alpha value is -1.10. The Morgan fingerprint density at radius 3 is 2.67 bits per heavy atom. The summed E-state index contributed by atoms with van der Waals surface area (Å²) in [6, 6.07) is 6.66. The molecule has 0 unspecified atom stereocenters. The van der Waals surface area contributed by atoms with Gasteiger partial charge in [0.05, 0.1) is 12.2 Å². The van der Waals surface area contributed by atoms with E-state index in [1.165, 1.54) is 6.07 Å². The van der Waals surface area contributed by atoms with Crippen LogP contribution < -0.4 is 34.7 Å². The zero-order chi connectivity index (χ0) is 9.97. The molecule has 1 N–H and O–H groups in total. The fraction of sp³-hybridized carbons (Fsp3) is 0. The van der Waals surface area contributed by atoms with Crippen LogP contribution in [0.4, 0.5) is 0 Å². The van der Waals surface area contributed by atoms with Crippen molar-refractivity contribution >= 4 is 5.97 Å². The molecule has 5 heteroatoms. The zero-order valence-electron chi connectivity index (χ0n) is 8.23. The van der Waals surface area contributed by atoms with Gasteiger partial charge in [-0.05, 0) is 5.56 Å². The predicted octanol–water partition coefficient (Wildman–Crippen LogP) is -2.56. The fourth-order valence-corrected chi connectivity index (χ4v) is 1.31. The molecular formula is C10H7N2NaO2. The molecule has 4 nitrogen and oxygen atoms in total. The number of carboxylic acid groups (broad SMARTS) is 1. The summed E-state index contributed by atoms with van der Waals surface area (Å²) in [5, 5.41) is 17.2. The number of hydrogen-bond donors (Lipinski definition) is 1. The van der Waals surface area contributed by atoms with Gasteiger partial charge >= 0.3 is 29.6 Å². The minimum atomic E-state index is -1.18. The molecule has 0 bridgehead atoms. The number of nitrogens with zero attached hydrogens (tertiary/aromatic N) is 1. The van der Waals surface area contributed by atoms with Gasteiger partial charge in [-0.3, -0.25) is 5.10 Å². The molecule has 0 saturated heterocycles. The van der Waals surface area contributed by atoms with Crippen molar-refractivity contribution in [3.8, 4) is 11.1 Å². The van der Waals surface area contributed by atoms with Crippen LogP contribution in [0.3, 0.4) is 0 Å². The summed E-state index contributed by atoms with van der Waals surface area (Å²) in [5.74, 6) is -1.18. The normalized spacial score (nSPS) is 9.33. The molecular weight excluding hydrogens is 203 g/mol. The first-order valence-electron chi connectivity index (χ1n) is 4.08. The van der Waals surface area contributed by atoms with Gasteiger partial charge in [-0.1, -0.05) is 24.3 Å². The van der Waals surface area contributed by atoms with Crippen LogP contribution in [0.2, 0.25) is 0 Å². The van der Waals surface area contributed by atoms with Gasteiger partial charge in [0, 0.05) is 17.3 Å². The molecule has 0 fully saturated rings. The van der Waals surface area contributed by atoms with Crippen molar-refractivity contribution in [3.05, 3.63) is 42.2 Å². The minimum Gasteiger partial charge on any atom is -0.545 e. The van der Waals surface area contributed by atoms with Gasteiger partial charge in [0.15, 0.2) is 0 Å². The van der Waals surface area contributed by atoms with E-state index in [9.17, 15) is 9.90 Å².